The molecule has 5 N–H and O–H groups in total. The van der Waals surface area contributed by atoms with Crippen molar-refractivity contribution >= 4 is 34.7 Å². The molecule has 2 aromatic heterocycles. The predicted octanol–water partition coefficient (Wildman–Crippen LogP) is 4.20. The molecule has 8 nitrogen and oxygen atoms in total. The van der Waals surface area contributed by atoms with Crippen LogP contribution in [-0.4, -0.2) is 28.4 Å². The zero-order valence-electron chi connectivity index (χ0n) is 17.8. The summed E-state index contributed by atoms with van der Waals surface area (Å²) in [7, 11) is 0. The first-order valence-corrected chi connectivity index (χ1v) is 11.1. The number of carbonyl (C=O) groups is 2. The molecule has 0 aliphatic carbocycles. The zero-order chi connectivity index (χ0) is 24.1. The van der Waals surface area contributed by atoms with Crippen LogP contribution in [0.25, 0.3) is 22.4 Å². The van der Waals surface area contributed by atoms with Crippen LogP contribution in [0.1, 0.15) is 15.2 Å². The molecule has 0 saturated carbocycles. The van der Waals surface area contributed by atoms with Crippen molar-refractivity contribution in [3.63, 3.8) is 0 Å². The molecule has 2 amide bonds. The summed E-state index contributed by atoms with van der Waals surface area (Å²) in [4.78, 5) is 29.5. The fourth-order valence-electron chi connectivity index (χ4n) is 3.36. The van der Waals surface area contributed by atoms with E-state index in [1.165, 1.54) is 17.4 Å². The molecular weight excluding hydrogens is 450 g/mol. The molecule has 0 aliphatic heterocycles. The zero-order valence-corrected chi connectivity index (χ0v) is 18.6. The molecule has 0 unspecified atom stereocenters. The van der Waals surface area contributed by atoms with E-state index in [0.29, 0.717) is 32.9 Å². The lowest BCUT2D eigenvalue weighted by atomic mass is 9.97. The Labute approximate surface area is 199 Å². The van der Waals surface area contributed by atoms with E-state index in [9.17, 15) is 20.0 Å². The van der Waals surface area contributed by atoms with Crippen molar-refractivity contribution in [3.8, 4) is 34.2 Å². The first kappa shape index (κ1) is 22.7. The van der Waals surface area contributed by atoms with E-state index >= 15 is 0 Å². The van der Waals surface area contributed by atoms with Gasteiger partial charge in [0, 0.05) is 16.8 Å². The van der Waals surface area contributed by atoms with Crippen LogP contribution in [-0.2, 0) is 4.79 Å². The van der Waals surface area contributed by atoms with Crippen LogP contribution >= 0.6 is 11.3 Å². The molecule has 168 valence electrons. The molecule has 4 aromatic rings. The van der Waals surface area contributed by atoms with Crippen molar-refractivity contribution in [3.05, 3.63) is 82.6 Å². The summed E-state index contributed by atoms with van der Waals surface area (Å²) < 4.78 is 0. The predicted molar refractivity (Wildman–Crippen MR) is 131 cm³/mol. The average Bonchev–Trinajstić information content (AvgIpc) is 3.39. The largest absolute Gasteiger partial charge is 0.507 e. The van der Waals surface area contributed by atoms with Crippen molar-refractivity contribution < 1.29 is 14.7 Å². The van der Waals surface area contributed by atoms with E-state index < -0.39 is 5.91 Å². The van der Waals surface area contributed by atoms with Crippen LogP contribution in [0.2, 0.25) is 0 Å². The number of nitrogens with one attached hydrogen (secondary N) is 2. The quantitative estimate of drug-likeness (QED) is 0.333. The lowest BCUT2D eigenvalue weighted by molar-refractivity contribution is -0.114. The number of pyridine rings is 1. The fourth-order valence-corrected chi connectivity index (χ4v) is 3.98. The van der Waals surface area contributed by atoms with E-state index in [2.05, 4.69) is 21.7 Å². The molecule has 34 heavy (non-hydrogen) atoms. The maximum Gasteiger partial charge on any atom is 0.266 e. The Hall–Kier alpha value is -4.52. The molecule has 0 saturated heterocycles. The van der Waals surface area contributed by atoms with E-state index in [1.807, 2.05) is 0 Å². The van der Waals surface area contributed by atoms with Crippen LogP contribution in [0.5, 0.6) is 5.75 Å². The second kappa shape index (κ2) is 9.95. The number of hydrogen-bond acceptors (Lipinski definition) is 7. The second-order valence-electron chi connectivity index (χ2n) is 7.17. The van der Waals surface area contributed by atoms with Crippen LogP contribution in [0, 0.1) is 11.3 Å². The molecule has 0 spiro atoms. The highest BCUT2D eigenvalue weighted by atomic mass is 32.1. The van der Waals surface area contributed by atoms with Gasteiger partial charge in [-0.3, -0.25) is 9.59 Å². The topological polar surface area (TPSA) is 141 Å². The minimum Gasteiger partial charge on any atom is -0.507 e. The third-order valence-corrected chi connectivity index (χ3v) is 5.80. The van der Waals surface area contributed by atoms with Gasteiger partial charge in [-0.25, -0.2) is 4.98 Å². The molecular formula is C25H19N5O3S. The van der Waals surface area contributed by atoms with Gasteiger partial charge in [0.05, 0.1) is 17.1 Å². The van der Waals surface area contributed by atoms with Gasteiger partial charge < -0.3 is 21.5 Å². The number of phenols is 1. The number of aromatic nitrogens is 1. The van der Waals surface area contributed by atoms with Gasteiger partial charge >= 0.3 is 0 Å². The number of para-hydroxylation sites is 1. The number of hydrogen-bond donors (Lipinski definition) is 4. The number of aromatic hydroxyl groups is 1. The van der Waals surface area contributed by atoms with Crippen molar-refractivity contribution in [2.24, 2.45) is 5.73 Å². The number of nitriles is 1. The normalized spacial score (nSPS) is 10.4. The number of anilines is 2. The first-order chi connectivity index (χ1) is 16.5. The molecule has 0 radical (unpaired) electrons. The smallest absolute Gasteiger partial charge is 0.266 e. The summed E-state index contributed by atoms with van der Waals surface area (Å²) in [5, 5.41) is 27.6. The summed E-state index contributed by atoms with van der Waals surface area (Å²) in [6.45, 7) is -0.167. The number of thiophene rings is 1. The maximum atomic E-state index is 12.8. The molecule has 0 atom stereocenters. The molecule has 0 aliphatic rings. The van der Waals surface area contributed by atoms with E-state index in [-0.39, 0.29) is 29.6 Å². The molecule has 9 heteroatoms. The van der Waals surface area contributed by atoms with Gasteiger partial charge in [0.25, 0.3) is 5.91 Å². The number of rotatable bonds is 6. The summed E-state index contributed by atoms with van der Waals surface area (Å²) in [5.41, 5.74) is 7.92. The number of benzene rings is 2. The second-order valence-corrected chi connectivity index (χ2v) is 8.12. The van der Waals surface area contributed by atoms with Crippen molar-refractivity contribution in [2.75, 3.05) is 17.2 Å². The molecule has 2 heterocycles. The van der Waals surface area contributed by atoms with Crippen molar-refractivity contribution in [1.82, 2.24) is 4.98 Å². The van der Waals surface area contributed by atoms with Gasteiger partial charge in [0.15, 0.2) is 5.82 Å². The van der Waals surface area contributed by atoms with Gasteiger partial charge in [-0.15, -0.1) is 11.3 Å². The first-order valence-electron chi connectivity index (χ1n) is 10.2. The number of phenolic OH excluding ortho intramolecular Hbond substituents is 1. The van der Waals surface area contributed by atoms with Crippen LogP contribution in [0.15, 0.2) is 72.1 Å². The fraction of sp³-hybridized carbons (Fsp3) is 0.0400. The SMILES string of the molecule is N#Cc1c(-c2cccc(NC(=O)CN)c2)cc(-c2ccccc2O)nc1NC(=O)c1cccs1. The van der Waals surface area contributed by atoms with Crippen LogP contribution in [0.4, 0.5) is 11.5 Å². The average molecular weight is 470 g/mol. The molecule has 2 aromatic carbocycles. The van der Waals surface area contributed by atoms with Crippen LogP contribution < -0.4 is 16.4 Å². The van der Waals surface area contributed by atoms with Gasteiger partial charge in [0.2, 0.25) is 5.91 Å². The number of nitrogens with zero attached hydrogens (tertiary/aromatic N) is 2. The van der Waals surface area contributed by atoms with E-state index in [1.54, 1.807) is 66.0 Å². The Balaban J connectivity index is 1.88. The lowest BCUT2D eigenvalue weighted by Gasteiger charge is -2.15. The highest BCUT2D eigenvalue weighted by Crippen LogP contribution is 2.36. The number of amides is 2. The third-order valence-electron chi connectivity index (χ3n) is 4.93. The summed E-state index contributed by atoms with van der Waals surface area (Å²) in [6.07, 6.45) is 0. The summed E-state index contributed by atoms with van der Waals surface area (Å²) >= 11 is 1.26. The highest BCUT2D eigenvalue weighted by Gasteiger charge is 2.19. The Kier molecular flexibility index (Phi) is 6.64. The lowest BCUT2D eigenvalue weighted by Crippen LogP contribution is -2.21. The molecule has 0 fully saturated rings. The minimum atomic E-state index is -0.400. The Bertz CT molecular complexity index is 1410. The van der Waals surface area contributed by atoms with Gasteiger partial charge in [-0.2, -0.15) is 5.26 Å². The summed E-state index contributed by atoms with van der Waals surface area (Å²) in [6, 6.07) is 20.8. The van der Waals surface area contributed by atoms with E-state index in [0.717, 1.165) is 0 Å². The van der Waals surface area contributed by atoms with Crippen molar-refractivity contribution in [2.45, 2.75) is 0 Å². The standard InChI is InChI=1S/C25H19N5O3S/c26-13-19-18(15-5-3-6-16(11-15)28-23(32)14-27)12-20(17-7-1-2-8-21(17)31)29-24(19)30-25(33)22-9-4-10-34-22/h1-12,31H,14,27H2,(H,28,32)(H,29,30,33). The van der Waals surface area contributed by atoms with Gasteiger partial charge in [-0.1, -0.05) is 30.3 Å². The van der Waals surface area contributed by atoms with Gasteiger partial charge in [0.1, 0.15) is 17.4 Å². The Morgan fingerprint density at radius 2 is 1.85 bits per heavy atom. The maximum absolute atomic E-state index is 12.8. The van der Waals surface area contributed by atoms with E-state index in [4.69, 9.17) is 5.73 Å². The monoisotopic (exact) mass is 469 g/mol. The Morgan fingerprint density at radius 1 is 1.03 bits per heavy atom. The minimum absolute atomic E-state index is 0.00477. The highest BCUT2D eigenvalue weighted by molar-refractivity contribution is 7.12. The van der Waals surface area contributed by atoms with Crippen molar-refractivity contribution in [1.29, 1.82) is 5.26 Å². The third kappa shape index (κ3) is 4.78. The van der Waals surface area contributed by atoms with Gasteiger partial charge in [-0.05, 0) is 47.3 Å². The Morgan fingerprint density at radius 3 is 2.56 bits per heavy atom. The number of carbonyl (C=O) groups excluding carboxylic acids is 2. The number of nitrogens with two attached hydrogens (primary N) is 1. The summed E-state index contributed by atoms with van der Waals surface area (Å²) in [5.74, 6) is -0.687. The molecule has 0 bridgehead atoms. The molecule has 4 rings (SSSR count). The van der Waals surface area contributed by atoms with Crippen LogP contribution in [0.3, 0.4) is 0 Å².